The average Bonchev–Trinajstić information content (AvgIpc) is 3.22. The van der Waals surface area contributed by atoms with E-state index in [9.17, 15) is 4.79 Å². The lowest BCUT2D eigenvalue weighted by atomic mass is 10.1. The minimum atomic E-state index is 0.0274. The van der Waals surface area contributed by atoms with E-state index in [1.807, 2.05) is 18.7 Å². The van der Waals surface area contributed by atoms with Crippen LogP contribution in [-0.2, 0) is 0 Å². The first-order chi connectivity index (χ1) is 11.6. The average molecular weight is 345 g/mol. The predicted molar refractivity (Wildman–Crippen MR) is 94.5 cm³/mol. The van der Waals surface area contributed by atoms with Crippen LogP contribution in [0.5, 0.6) is 5.88 Å². The molecule has 1 unspecified atom stereocenters. The minimum Gasteiger partial charge on any atom is -0.475 e. The number of hydrogen-bond acceptors (Lipinski definition) is 5. The van der Waals surface area contributed by atoms with E-state index in [0.717, 1.165) is 36.5 Å². The number of aryl methyl sites for hydroxylation is 1. The number of aromatic nitrogens is 2. The van der Waals surface area contributed by atoms with Crippen LogP contribution in [0.1, 0.15) is 60.2 Å². The number of ether oxygens (including phenoxy) is 1. The number of hydrogen-bond donors (Lipinski definition) is 0. The van der Waals surface area contributed by atoms with Gasteiger partial charge in [0.1, 0.15) is 0 Å². The number of thiazole rings is 1. The van der Waals surface area contributed by atoms with Gasteiger partial charge >= 0.3 is 0 Å². The van der Waals surface area contributed by atoms with E-state index in [4.69, 9.17) is 4.74 Å². The fourth-order valence-corrected chi connectivity index (χ4v) is 3.57. The van der Waals surface area contributed by atoms with Crippen LogP contribution in [-0.4, -0.2) is 33.4 Å². The van der Waals surface area contributed by atoms with Crippen LogP contribution >= 0.6 is 11.3 Å². The number of carbonyl (C=O) groups is 1. The molecule has 3 heterocycles. The van der Waals surface area contributed by atoms with E-state index in [2.05, 4.69) is 22.3 Å². The molecule has 0 N–H and O–H groups in total. The van der Waals surface area contributed by atoms with Crippen molar-refractivity contribution in [2.75, 3.05) is 6.54 Å². The smallest absolute Gasteiger partial charge is 0.254 e. The summed E-state index contributed by atoms with van der Waals surface area (Å²) in [6, 6.07) is 3.58. The maximum absolute atomic E-state index is 13.0. The second-order valence-electron chi connectivity index (χ2n) is 6.17. The van der Waals surface area contributed by atoms with Crippen LogP contribution in [0.4, 0.5) is 0 Å². The molecule has 2 atom stereocenters. The van der Waals surface area contributed by atoms with Crippen molar-refractivity contribution >= 4 is 17.2 Å². The first-order valence-corrected chi connectivity index (χ1v) is 9.32. The number of amides is 1. The van der Waals surface area contributed by atoms with Crippen LogP contribution in [0, 0.1) is 6.92 Å². The van der Waals surface area contributed by atoms with Gasteiger partial charge in [-0.15, -0.1) is 11.3 Å². The van der Waals surface area contributed by atoms with Gasteiger partial charge in [-0.25, -0.2) is 9.97 Å². The number of nitrogens with zero attached hydrogens (tertiary/aromatic N) is 3. The summed E-state index contributed by atoms with van der Waals surface area (Å²) in [4.78, 5) is 23.7. The van der Waals surface area contributed by atoms with Crippen LogP contribution < -0.4 is 4.74 Å². The summed E-state index contributed by atoms with van der Waals surface area (Å²) in [6.45, 7) is 6.82. The Hall–Kier alpha value is -1.95. The van der Waals surface area contributed by atoms with Gasteiger partial charge < -0.3 is 9.64 Å². The van der Waals surface area contributed by atoms with E-state index in [0.29, 0.717) is 11.4 Å². The molecule has 128 valence electrons. The molecule has 2 aromatic rings. The highest BCUT2D eigenvalue weighted by Gasteiger charge is 2.32. The summed E-state index contributed by atoms with van der Waals surface area (Å²) in [5, 5.41) is 3.10. The summed E-state index contributed by atoms with van der Waals surface area (Å²) in [7, 11) is 0. The maximum atomic E-state index is 13.0. The molecule has 0 aromatic carbocycles. The van der Waals surface area contributed by atoms with E-state index < -0.39 is 0 Å². The quantitative estimate of drug-likeness (QED) is 0.822. The Morgan fingerprint density at radius 3 is 3.08 bits per heavy atom. The van der Waals surface area contributed by atoms with Crippen molar-refractivity contribution < 1.29 is 9.53 Å². The van der Waals surface area contributed by atoms with E-state index >= 15 is 0 Å². The highest BCUT2D eigenvalue weighted by Crippen LogP contribution is 2.33. The Morgan fingerprint density at radius 2 is 2.38 bits per heavy atom. The maximum Gasteiger partial charge on any atom is 0.254 e. The van der Waals surface area contributed by atoms with Crippen molar-refractivity contribution in [2.24, 2.45) is 0 Å². The zero-order chi connectivity index (χ0) is 17.1. The van der Waals surface area contributed by atoms with Crippen molar-refractivity contribution in [3.63, 3.8) is 0 Å². The number of pyridine rings is 1. The third-order valence-electron chi connectivity index (χ3n) is 4.37. The number of rotatable bonds is 5. The number of likely N-dealkylation sites (tertiary alicyclic amines) is 1. The molecule has 24 heavy (non-hydrogen) atoms. The zero-order valence-corrected chi connectivity index (χ0v) is 15.2. The molecule has 0 aliphatic carbocycles. The van der Waals surface area contributed by atoms with E-state index in [1.54, 1.807) is 29.7 Å². The minimum absolute atomic E-state index is 0.0274. The molecule has 0 saturated carbocycles. The van der Waals surface area contributed by atoms with Crippen molar-refractivity contribution in [1.29, 1.82) is 0 Å². The summed E-state index contributed by atoms with van der Waals surface area (Å²) in [6.07, 6.45) is 4.60. The molecule has 1 saturated heterocycles. The van der Waals surface area contributed by atoms with Gasteiger partial charge in [0.2, 0.25) is 5.88 Å². The third kappa shape index (κ3) is 3.59. The van der Waals surface area contributed by atoms with Gasteiger partial charge in [-0.3, -0.25) is 4.79 Å². The van der Waals surface area contributed by atoms with Crippen molar-refractivity contribution in [3.05, 3.63) is 40.0 Å². The van der Waals surface area contributed by atoms with Crippen LogP contribution in [0.3, 0.4) is 0 Å². The third-order valence-corrected chi connectivity index (χ3v) is 5.16. The van der Waals surface area contributed by atoms with Crippen LogP contribution in [0.2, 0.25) is 0 Å². The second-order valence-corrected chi connectivity index (χ2v) is 7.23. The molecule has 6 heteroatoms. The second kappa shape index (κ2) is 7.30. The highest BCUT2D eigenvalue weighted by atomic mass is 32.1. The van der Waals surface area contributed by atoms with Crippen molar-refractivity contribution in [3.8, 4) is 5.88 Å². The lowest BCUT2D eigenvalue weighted by molar-refractivity contribution is 0.0732. The fourth-order valence-electron chi connectivity index (χ4n) is 2.91. The summed E-state index contributed by atoms with van der Waals surface area (Å²) in [5.41, 5.74) is 1.63. The van der Waals surface area contributed by atoms with Gasteiger partial charge in [0.15, 0.2) is 0 Å². The van der Waals surface area contributed by atoms with Crippen molar-refractivity contribution in [2.45, 2.75) is 52.2 Å². The van der Waals surface area contributed by atoms with E-state index in [1.165, 1.54) is 0 Å². The van der Waals surface area contributed by atoms with Crippen molar-refractivity contribution in [1.82, 2.24) is 14.9 Å². The molecule has 3 rings (SSSR count). The predicted octanol–water partition coefficient (Wildman–Crippen LogP) is 4.00. The lowest BCUT2D eigenvalue weighted by Crippen LogP contribution is -2.30. The molecule has 1 fully saturated rings. The Morgan fingerprint density at radius 1 is 1.54 bits per heavy atom. The Labute approximate surface area is 146 Å². The molecule has 2 aromatic heterocycles. The molecule has 5 nitrogen and oxygen atoms in total. The lowest BCUT2D eigenvalue weighted by Gasteiger charge is -2.23. The highest BCUT2D eigenvalue weighted by molar-refractivity contribution is 7.09. The van der Waals surface area contributed by atoms with Gasteiger partial charge in [0.05, 0.1) is 22.8 Å². The normalized spacial score (nSPS) is 18.6. The largest absolute Gasteiger partial charge is 0.475 e. The van der Waals surface area contributed by atoms with Gasteiger partial charge in [-0.05, 0) is 39.2 Å². The zero-order valence-electron chi connectivity index (χ0n) is 14.4. The van der Waals surface area contributed by atoms with Gasteiger partial charge in [-0.1, -0.05) is 6.92 Å². The van der Waals surface area contributed by atoms with Crippen LogP contribution in [0.15, 0.2) is 23.7 Å². The molecular weight excluding hydrogens is 322 g/mol. The van der Waals surface area contributed by atoms with E-state index in [-0.39, 0.29) is 18.1 Å². The monoisotopic (exact) mass is 345 g/mol. The Bertz CT molecular complexity index is 716. The molecular formula is C18H23N3O2S. The Kier molecular flexibility index (Phi) is 5.14. The molecule has 1 amide bonds. The van der Waals surface area contributed by atoms with Crippen LogP contribution in [0.25, 0.3) is 0 Å². The summed E-state index contributed by atoms with van der Waals surface area (Å²) >= 11 is 1.63. The number of carbonyl (C=O) groups excluding carboxylic acids is 1. The molecule has 0 radical (unpaired) electrons. The fraction of sp³-hybridized carbons (Fsp3) is 0.500. The molecule has 0 bridgehead atoms. The summed E-state index contributed by atoms with van der Waals surface area (Å²) < 4.78 is 5.74. The van der Waals surface area contributed by atoms with Gasteiger partial charge in [0.25, 0.3) is 5.91 Å². The molecule has 1 aliphatic rings. The first kappa shape index (κ1) is 16.9. The first-order valence-electron chi connectivity index (χ1n) is 8.44. The summed E-state index contributed by atoms with van der Waals surface area (Å²) in [5.74, 6) is 0.537. The molecule has 0 spiro atoms. The van der Waals surface area contributed by atoms with Gasteiger partial charge in [-0.2, -0.15) is 0 Å². The Balaban J connectivity index is 1.79. The molecule has 1 aliphatic heterocycles. The van der Waals surface area contributed by atoms with Gasteiger partial charge in [0, 0.05) is 29.8 Å². The standard InChI is InChI=1S/C18H23N3O2S/c1-4-12(2)23-17-10-14(7-8-19-17)18(22)21-9-5-6-16(21)15-11-24-13(3)20-15/h7-8,10-12,16H,4-6,9H2,1-3H3/t12?,16-/m1/s1. The SMILES string of the molecule is CCC(C)Oc1cc(C(=O)N2CCC[C@@H]2c2csc(C)n2)ccn1. The topological polar surface area (TPSA) is 55.3 Å².